The zero-order valence-corrected chi connectivity index (χ0v) is 22.8. The molecule has 0 aliphatic heterocycles. The van der Waals surface area contributed by atoms with Crippen molar-refractivity contribution in [3.8, 4) is 5.75 Å². The standard InChI is InChI=1S/C30H43O4P/c1-27-14-18-8-19(15-27)11-22(10-18)29(27,3)24-6-5-7-25(34-35(31,32)33)26(24)30(4)23-12-20-9-21(13-23)17-28(30,2)16-20/h5-7,18-23H,8-17H2,1-4H3,(H2,31,32,33). The molecule has 0 amide bonds. The van der Waals surface area contributed by atoms with Crippen molar-refractivity contribution in [1.29, 1.82) is 0 Å². The molecule has 1 aromatic carbocycles. The average Bonchev–Trinajstić information content (AvgIpc) is 2.73. The van der Waals surface area contributed by atoms with E-state index in [1.54, 1.807) is 0 Å². The van der Waals surface area contributed by atoms with Gasteiger partial charge in [0.05, 0.1) is 0 Å². The first-order valence-corrected chi connectivity index (χ1v) is 15.8. The molecule has 8 bridgehead atoms. The van der Waals surface area contributed by atoms with Crippen LogP contribution in [-0.2, 0) is 15.4 Å². The third-order valence-electron chi connectivity index (χ3n) is 13.2. The van der Waals surface area contributed by atoms with Crippen LogP contribution in [0.2, 0.25) is 0 Å². The second-order valence-electron chi connectivity index (χ2n) is 14.9. The van der Waals surface area contributed by atoms with Crippen LogP contribution in [0.25, 0.3) is 0 Å². The van der Waals surface area contributed by atoms with Gasteiger partial charge in [-0.05, 0) is 122 Å². The Morgan fingerprint density at radius 2 is 1.20 bits per heavy atom. The molecule has 9 rings (SSSR count). The minimum atomic E-state index is -4.68. The maximum atomic E-state index is 12.3. The van der Waals surface area contributed by atoms with Crippen LogP contribution >= 0.6 is 7.82 Å². The second-order valence-corrected chi connectivity index (χ2v) is 16.0. The molecule has 8 aliphatic carbocycles. The molecular weight excluding hydrogens is 455 g/mol. The SMILES string of the molecule is CC12CC3CC(CC(C3)C1(C)c1cccc(OP(=O)(O)O)c1C1(C)C3CC4CC(C3)CC1(C)C4)C2. The summed E-state index contributed by atoms with van der Waals surface area (Å²) in [5.74, 6) is 5.03. The van der Waals surface area contributed by atoms with Crippen molar-refractivity contribution >= 4 is 7.82 Å². The Morgan fingerprint density at radius 1 is 0.743 bits per heavy atom. The normalized spacial score (nSPS) is 51.7. The highest BCUT2D eigenvalue weighted by Crippen LogP contribution is 2.74. The van der Waals surface area contributed by atoms with Gasteiger partial charge in [-0.2, -0.15) is 0 Å². The van der Waals surface area contributed by atoms with Gasteiger partial charge in [0.2, 0.25) is 0 Å². The highest BCUT2D eigenvalue weighted by atomic mass is 31.2. The van der Waals surface area contributed by atoms with Gasteiger partial charge < -0.3 is 4.52 Å². The minimum absolute atomic E-state index is 0.0120. The summed E-state index contributed by atoms with van der Waals surface area (Å²) < 4.78 is 17.9. The van der Waals surface area contributed by atoms with Gasteiger partial charge in [0.1, 0.15) is 5.75 Å². The Balaban J connectivity index is 1.47. The highest BCUT2D eigenvalue weighted by Gasteiger charge is 2.66. The summed E-state index contributed by atoms with van der Waals surface area (Å²) in [6, 6.07) is 6.22. The van der Waals surface area contributed by atoms with Gasteiger partial charge in [0, 0.05) is 16.4 Å². The Kier molecular flexibility index (Phi) is 4.64. The van der Waals surface area contributed by atoms with Crippen molar-refractivity contribution in [2.24, 2.45) is 46.3 Å². The highest BCUT2D eigenvalue weighted by molar-refractivity contribution is 7.46. The lowest BCUT2D eigenvalue weighted by Crippen LogP contribution is -2.63. The lowest BCUT2D eigenvalue weighted by atomic mass is 9.35. The first-order chi connectivity index (χ1) is 16.3. The maximum Gasteiger partial charge on any atom is 0.524 e. The number of phosphoric ester groups is 1. The Morgan fingerprint density at radius 3 is 1.63 bits per heavy atom. The third-order valence-corrected chi connectivity index (χ3v) is 13.7. The fourth-order valence-corrected chi connectivity index (χ4v) is 12.5. The monoisotopic (exact) mass is 498 g/mol. The molecule has 0 aromatic heterocycles. The fourth-order valence-electron chi connectivity index (χ4n) is 12.0. The zero-order chi connectivity index (χ0) is 24.6. The van der Waals surface area contributed by atoms with Crippen LogP contribution in [0.4, 0.5) is 0 Å². The molecule has 5 heteroatoms. The molecule has 6 atom stereocenters. The number of hydrogen-bond acceptors (Lipinski definition) is 2. The first-order valence-electron chi connectivity index (χ1n) is 14.2. The second kappa shape index (κ2) is 6.97. The van der Waals surface area contributed by atoms with E-state index in [1.807, 2.05) is 12.1 Å². The van der Waals surface area contributed by atoms with E-state index in [0.29, 0.717) is 17.6 Å². The minimum Gasteiger partial charge on any atom is -0.404 e. The summed E-state index contributed by atoms with van der Waals surface area (Å²) in [5, 5.41) is 0. The predicted molar refractivity (Wildman–Crippen MR) is 137 cm³/mol. The van der Waals surface area contributed by atoms with Crippen molar-refractivity contribution in [2.75, 3.05) is 0 Å². The number of hydrogen-bond donors (Lipinski definition) is 2. The van der Waals surface area contributed by atoms with Gasteiger partial charge >= 0.3 is 7.82 Å². The fraction of sp³-hybridized carbons (Fsp3) is 0.800. The van der Waals surface area contributed by atoms with Gasteiger partial charge in [-0.3, -0.25) is 9.79 Å². The van der Waals surface area contributed by atoms with Crippen molar-refractivity contribution in [3.63, 3.8) is 0 Å². The van der Waals surface area contributed by atoms with Gasteiger partial charge in [-0.1, -0.05) is 39.8 Å². The molecule has 6 unspecified atom stereocenters. The molecule has 192 valence electrons. The van der Waals surface area contributed by atoms with Gasteiger partial charge in [-0.15, -0.1) is 0 Å². The summed E-state index contributed by atoms with van der Waals surface area (Å²) in [7, 11) is -4.68. The van der Waals surface area contributed by atoms with Crippen LogP contribution in [0.5, 0.6) is 5.75 Å². The van der Waals surface area contributed by atoms with Crippen molar-refractivity contribution < 1.29 is 18.9 Å². The maximum absolute atomic E-state index is 12.3. The lowest BCUT2D eigenvalue weighted by Gasteiger charge is -2.69. The van der Waals surface area contributed by atoms with Crippen molar-refractivity contribution in [3.05, 3.63) is 29.3 Å². The lowest BCUT2D eigenvalue weighted by molar-refractivity contribution is -0.126. The molecular formula is C30H43O4P. The van der Waals surface area contributed by atoms with E-state index in [2.05, 4.69) is 33.8 Å². The van der Waals surface area contributed by atoms with Crippen LogP contribution in [0, 0.1) is 46.3 Å². The average molecular weight is 499 g/mol. The number of rotatable bonds is 4. The molecule has 8 aliphatic rings. The van der Waals surface area contributed by atoms with Crippen LogP contribution in [0.3, 0.4) is 0 Å². The smallest absolute Gasteiger partial charge is 0.404 e. The van der Waals surface area contributed by atoms with Crippen molar-refractivity contribution in [1.82, 2.24) is 0 Å². The van der Waals surface area contributed by atoms with E-state index < -0.39 is 7.82 Å². The van der Waals surface area contributed by atoms with E-state index >= 15 is 0 Å². The molecule has 1 aromatic rings. The quantitative estimate of drug-likeness (QED) is 0.426. The summed E-state index contributed by atoms with van der Waals surface area (Å²) in [6.07, 6.45) is 13.0. The Bertz CT molecular complexity index is 1100. The van der Waals surface area contributed by atoms with E-state index in [4.69, 9.17) is 4.52 Å². The van der Waals surface area contributed by atoms with Crippen LogP contribution in [0.1, 0.15) is 103 Å². The first kappa shape index (κ1) is 23.3. The van der Waals surface area contributed by atoms with Gasteiger partial charge in [0.25, 0.3) is 0 Å². The van der Waals surface area contributed by atoms with E-state index in [1.165, 1.54) is 75.3 Å². The molecule has 8 fully saturated rings. The number of benzene rings is 1. The van der Waals surface area contributed by atoms with Crippen molar-refractivity contribution in [2.45, 2.75) is 103 Å². The topological polar surface area (TPSA) is 66.8 Å². The molecule has 0 saturated heterocycles. The Labute approximate surface area is 210 Å². The van der Waals surface area contributed by atoms with Crippen LogP contribution in [0.15, 0.2) is 18.2 Å². The molecule has 35 heavy (non-hydrogen) atoms. The predicted octanol–water partition coefficient (Wildman–Crippen LogP) is 7.37. The van der Waals surface area contributed by atoms with E-state index in [-0.39, 0.29) is 21.7 Å². The molecule has 0 heterocycles. The molecule has 0 spiro atoms. The van der Waals surface area contributed by atoms with Crippen LogP contribution in [-0.4, -0.2) is 9.79 Å². The van der Waals surface area contributed by atoms with E-state index in [0.717, 1.165) is 23.7 Å². The largest absolute Gasteiger partial charge is 0.524 e. The number of phosphoric acid groups is 1. The van der Waals surface area contributed by atoms with Crippen LogP contribution < -0.4 is 4.52 Å². The molecule has 2 N–H and O–H groups in total. The third kappa shape index (κ3) is 2.97. The van der Waals surface area contributed by atoms with Gasteiger partial charge in [-0.25, -0.2) is 4.57 Å². The molecule has 0 radical (unpaired) electrons. The molecule has 8 saturated carbocycles. The Hall–Kier alpha value is -0.830. The summed E-state index contributed by atoms with van der Waals surface area (Å²) in [5.41, 5.74) is 2.80. The zero-order valence-electron chi connectivity index (χ0n) is 21.9. The molecule has 4 nitrogen and oxygen atoms in total. The van der Waals surface area contributed by atoms with Gasteiger partial charge in [0.15, 0.2) is 0 Å². The van der Waals surface area contributed by atoms with E-state index in [9.17, 15) is 14.4 Å². The summed E-state index contributed by atoms with van der Waals surface area (Å²) >= 11 is 0. The summed E-state index contributed by atoms with van der Waals surface area (Å²) in [4.78, 5) is 20.0. The summed E-state index contributed by atoms with van der Waals surface area (Å²) in [6.45, 7) is 10.0.